The molecule has 0 spiro atoms. The van der Waals surface area contributed by atoms with E-state index in [1.54, 1.807) is 0 Å². The molecule has 0 aliphatic carbocycles. The molecule has 29 heavy (non-hydrogen) atoms. The summed E-state index contributed by atoms with van der Waals surface area (Å²) in [6.45, 7) is 16.5. The van der Waals surface area contributed by atoms with Gasteiger partial charge in [-0.05, 0) is 82.0 Å². The first-order valence-corrected chi connectivity index (χ1v) is 15.9. The van der Waals surface area contributed by atoms with Gasteiger partial charge in [0.1, 0.15) is 5.69 Å². The maximum Gasteiger partial charge on any atom is 0.130 e. The molecule has 0 aliphatic heterocycles. The summed E-state index contributed by atoms with van der Waals surface area (Å²) in [7, 11) is 0. The number of para-hydroxylation sites is 1. The van der Waals surface area contributed by atoms with Crippen molar-refractivity contribution in [2.45, 2.75) is 55.4 Å². The molecule has 6 heteroatoms. The Labute approximate surface area is 198 Å². The van der Waals surface area contributed by atoms with Gasteiger partial charge in [-0.15, -0.1) is 5.11 Å². The lowest BCUT2D eigenvalue weighted by molar-refractivity contribution is 0.833. The number of aryl methyl sites for hydroxylation is 2. The smallest absolute Gasteiger partial charge is 0.130 e. The fraction of sp³-hybridized carbons (Fsp3) is 0.348. The van der Waals surface area contributed by atoms with Gasteiger partial charge in [-0.2, -0.15) is 10.2 Å². The first-order valence-electron chi connectivity index (χ1n) is 9.65. The fourth-order valence-corrected chi connectivity index (χ4v) is 3.00. The fourth-order valence-electron chi connectivity index (χ4n) is 3.00. The second-order valence-corrected chi connectivity index (χ2v) is 6.55. The molecule has 0 fully saturated rings. The van der Waals surface area contributed by atoms with Crippen LogP contribution in [-0.4, -0.2) is 9.78 Å². The normalized spacial score (nSPS) is 10.3. The molecule has 0 saturated carbocycles. The molecule has 0 atom stereocenters. The Hall–Kier alpha value is -1.29. The Kier molecular flexibility index (Phi) is 11.0. The summed E-state index contributed by atoms with van der Waals surface area (Å²) < 4.78 is 1.92. The number of halogens is 2. The topological polar surface area (TPSA) is 42.5 Å². The van der Waals surface area contributed by atoms with E-state index in [-0.39, 0.29) is 0 Å². The predicted molar refractivity (Wildman–Crippen MR) is 142 cm³/mol. The molecule has 156 valence electrons. The summed E-state index contributed by atoms with van der Waals surface area (Å²) in [5.74, 6) is 0. The Morgan fingerprint density at radius 1 is 0.793 bits per heavy atom. The van der Waals surface area contributed by atoms with Crippen LogP contribution in [0.4, 0.5) is 11.4 Å². The molecule has 4 nitrogen and oxygen atoms in total. The Bertz CT molecular complexity index is 961. The van der Waals surface area contributed by atoms with Crippen LogP contribution in [0.3, 0.4) is 0 Å². The summed E-state index contributed by atoms with van der Waals surface area (Å²) in [6, 6.07) is 12.2. The van der Waals surface area contributed by atoms with E-state index < -0.39 is 0 Å². The average Bonchev–Trinajstić information content (AvgIpc) is 3.05. The average molecular weight is 616 g/mol. The van der Waals surface area contributed by atoms with E-state index in [4.69, 9.17) is 0 Å². The Morgan fingerprint density at radius 2 is 1.38 bits per heavy atom. The molecule has 0 radical (unpaired) electrons. The standard InChI is InChI=1S/C21H24N4.C2H6.I2/c1-13-12-20(16(4)15(3)14(13)2)22-23-21-17(5)24-25(18(21)6)19-10-8-7-9-11-19;2*1-2/h7-12H,1-6H3;1-2H3;. The third-order valence-corrected chi connectivity index (χ3v) is 4.97. The van der Waals surface area contributed by atoms with Crippen LogP contribution in [0.2, 0.25) is 0 Å². The van der Waals surface area contributed by atoms with E-state index >= 15 is 0 Å². The SMILES string of the molecule is CC.Cc1cc(N=Nc2c(C)nn(-c3ccccc3)c2C)c(C)c(C)c1C.II. The first kappa shape index (κ1) is 25.7. The van der Waals surface area contributed by atoms with Crippen molar-refractivity contribution in [3.05, 3.63) is 70.0 Å². The van der Waals surface area contributed by atoms with E-state index in [2.05, 4.69) is 86.3 Å². The Balaban J connectivity index is 0.000000989. The van der Waals surface area contributed by atoms with E-state index in [0.717, 1.165) is 28.5 Å². The van der Waals surface area contributed by atoms with Crippen molar-refractivity contribution >= 4 is 48.6 Å². The van der Waals surface area contributed by atoms with Gasteiger partial charge in [0.25, 0.3) is 0 Å². The van der Waals surface area contributed by atoms with Crippen LogP contribution in [-0.2, 0) is 0 Å². The molecule has 2 aromatic carbocycles. The second kappa shape index (κ2) is 12.4. The highest BCUT2D eigenvalue weighted by atomic mass is 128. The summed E-state index contributed by atoms with van der Waals surface area (Å²) >= 11 is 4.24. The molecule has 3 rings (SSSR count). The minimum absolute atomic E-state index is 0.833. The molecule has 0 unspecified atom stereocenters. The van der Waals surface area contributed by atoms with E-state index in [9.17, 15) is 0 Å². The zero-order chi connectivity index (χ0) is 22.1. The van der Waals surface area contributed by atoms with Crippen molar-refractivity contribution in [2.75, 3.05) is 0 Å². The lowest BCUT2D eigenvalue weighted by atomic mass is 9.98. The van der Waals surface area contributed by atoms with Crippen LogP contribution >= 0.6 is 37.2 Å². The van der Waals surface area contributed by atoms with Crippen molar-refractivity contribution < 1.29 is 0 Å². The second-order valence-electron chi connectivity index (χ2n) is 6.55. The third-order valence-electron chi connectivity index (χ3n) is 4.97. The molecule has 1 aromatic heterocycles. The Morgan fingerprint density at radius 3 is 1.97 bits per heavy atom. The van der Waals surface area contributed by atoms with Crippen molar-refractivity contribution in [1.29, 1.82) is 0 Å². The molecule has 0 amide bonds. The van der Waals surface area contributed by atoms with Gasteiger partial charge in [0.15, 0.2) is 0 Å². The van der Waals surface area contributed by atoms with Gasteiger partial charge < -0.3 is 0 Å². The van der Waals surface area contributed by atoms with Crippen LogP contribution in [0.5, 0.6) is 0 Å². The molecule has 0 aliphatic rings. The van der Waals surface area contributed by atoms with Crippen LogP contribution in [0.1, 0.15) is 47.5 Å². The number of hydrogen-bond donors (Lipinski definition) is 0. The molecule has 1 heterocycles. The van der Waals surface area contributed by atoms with Crippen LogP contribution in [0.15, 0.2) is 46.6 Å². The zero-order valence-electron chi connectivity index (χ0n) is 18.5. The zero-order valence-corrected chi connectivity index (χ0v) is 22.8. The molecule has 3 aromatic rings. The lowest BCUT2D eigenvalue weighted by Gasteiger charge is -2.10. The van der Waals surface area contributed by atoms with Gasteiger partial charge in [-0.1, -0.05) is 32.0 Å². The van der Waals surface area contributed by atoms with Gasteiger partial charge in [0.05, 0.1) is 22.8 Å². The van der Waals surface area contributed by atoms with Crippen molar-refractivity contribution in [2.24, 2.45) is 10.2 Å². The number of benzene rings is 2. The van der Waals surface area contributed by atoms with Gasteiger partial charge >= 0.3 is 0 Å². The quantitative estimate of drug-likeness (QED) is 0.214. The van der Waals surface area contributed by atoms with Gasteiger partial charge in [-0.25, -0.2) is 4.68 Å². The molecular formula is C23H30I2N4. The van der Waals surface area contributed by atoms with E-state index in [1.165, 1.54) is 22.3 Å². The minimum Gasteiger partial charge on any atom is -0.236 e. The number of aromatic nitrogens is 2. The van der Waals surface area contributed by atoms with Crippen LogP contribution in [0, 0.1) is 41.5 Å². The van der Waals surface area contributed by atoms with Gasteiger partial charge in [0.2, 0.25) is 0 Å². The highest BCUT2D eigenvalue weighted by molar-refractivity contribution is 15.0. The van der Waals surface area contributed by atoms with E-state index in [0.29, 0.717) is 0 Å². The number of nitrogens with zero attached hydrogens (tertiary/aromatic N) is 4. The van der Waals surface area contributed by atoms with Gasteiger partial charge in [0, 0.05) is 37.2 Å². The molecule has 0 N–H and O–H groups in total. The number of azo groups is 1. The lowest BCUT2D eigenvalue weighted by Crippen LogP contribution is -1.98. The number of hydrogen-bond acceptors (Lipinski definition) is 3. The van der Waals surface area contributed by atoms with Crippen molar-refractivity contribution in [1.82, 2.24) is 9.78 Å². The van der Waals surface area contributed by atoms with Crippen molar-refractivity contribution in [3.63, 3.8) is 0 Å². The maximum atomic E-state index is 4.63. The van der Waals surface area contributed by atoms with Gasteiger partial charge in [-0.3, -0.25) is 0 Å². The predicted octanol–water partition coefficient (Wildman–Crippen LogP) is 8.94. The summed E-state index contributed by atoms with van der Waals surface area (Å²) in [4.78, 5) is 0. The summed E-state index contributed by atoms with van der Waals surface area (Å²) in [6.07, 6.45) is 0. The first-order chi connectivity index (χ1) is 13.9. The molecule has 0 saturated heterocycles. The molecule has 0 bridgehead atoms. The van der Waals surface area contributed by atoms with Crippen LogP contribution in [0.25, 0.3) is 5.69 Å². The monoisotopic (exact) mass is 616 g/mol. The third kappa shape index (κ3) is 6.10. The number of rotatable bonds is 3. The molecular weight excluding hydrogens is 586 g/mol. The highest BCUT2D eigenvalue weighted by Crippen LogP contribution is 2.31. The minimum atomic E-state index is 0.833. The largest absolute Gasteiger partial charge is 0.236 e. The maximum absolute atomic E-state index is 4.63. The van der Waals surface area contributed by atoms with Crippen molar-refractivity contribution in [3.8, 4) is 5.69 Å². The van der Waals surface area contributed by atoms with Crippen LogP contribution < -0.4 is 0 Å². The summed E-state index contributed by atoms with van der Waals surface area (Å²) in [5, 5.41) is 13.7. The summed E-state index contributed by atoms with van der Waals surface area (Å²) in [5.41, 5.74) is 9.67. The van der Waals surface area contributed by atoms with E-state index in [1.807, 2.05) is 62.7 Å². The highest BCUT2D eigenvalue weighted by Gasteiger charge is 2.13.